The number of rotatable bonds is 12. The molecule has 0 unspecified atom stereocenters. The van der Waals surface area contributed by atoms with Gasteiger partial charge in [0.15, 0.2) is 5.65 Å². The van der Waals surface area contributed by atoms with Crippen LogP contribution in [-0.4, -0.2) is 85.6 Å². The molecule has 0 spiro atoms. The van der Waals surface area contributed by atoms with Gasteiger partial charge in [0.2, 0.25) is 0 Å². The van der Waals surface area contributed by atoms with Crippen LogP contribution >= 0.6 is 15.9 Å². The van der Waals surface area contributed by atoms with Crippen LogP contribution in [0.3, 0.4) is 0 Å². The van der Waals surface area contributed by atoms with Crippen LogP contribution in [0, 0.1) is 0 Å². The number of hydrogen-bond donors (Lipinski definition) is 1. The second kappa shape index (κ2) is 12.0. The normalized spacial score (nSPS) is 21.9. The number of carboxylic acid groups (broad SMARTS) is 1. The highest BCUT2D eigenvalue weighted by Gasteiger charge is 2.44. The fraction of sp³-hybridized carbons (Fsp3) is 0.731. The molecule has 9 nitrogen and oxygen atoms in total. The Morgan fingerprint density at radius 2 is 1.61 bits per heavy atom. The van der Waals surface area contributed by atoms with Crippen LogP contribution in [0.1, 0.15) is 37.3 Å². The molecule has 2 fully saturated rings. The van der Waals surface area contributed by atoms with Crippen molar-refractivity contribution in [2.75, 3.05) is 31.6 Å². The SMILES string of the molecule is C[Si](C)(C)CCOCN(COCC[Si](C)(C)C)c1cc([C@@H]2C[C@H]3CC[C@@H](C2)N3C(=O)O)nc2c(Br)cnn12. The summed E-state index contributed by atoms with van der Waals surface area (Å²) in [4.78, 5) is 20.6. The Morgan fingerprint density at radius 1 is 1.05 bits per heavy atom. The number of fused-ring (bicyclic) bond motifs is 3. The van der Waals surface area contributed by atoms with Crippen molar-refractivity contribution in [1.82, 2.24) is 19.5 Å². The van der Waals surface area contributed by atoms with E-state index in [1.807, 2.05) is 4.52 Å². The summed E-state index contributed by atoms with van der Waals surface area (Å²) in [6.45, 7) is 16.4. The van der Waals surface area contributed by atoms with Gasteiger partial charge >= 0.3 is 6.09 Å². The molecule has 0 aromatic carbocycles. The Kier molecular flexibility index (Phi) is 9.28. The van der Waals surface area contributed by atoms with E-state index in [0.717, 1.165) is 72.6 Å². The molecule has 0 saturated carbocycles. The van der Waals surface area contributed by atoms with Gasteiger partial charge in [-0.25, -0.2) is 9.78 Å². The van der Waals surface area contributed by atoms with Crippen molar-refractivity contribution >= 4 is 49.6 Å². The smallest absolute Gasteiger partial charge is 0.407 e. The number of hydrogen-bond acceptors (Lipinski definition) is 6. The van der Waals surface area contributed by atoms with Crippen molar-refractivity contribution < 1.29 is 19.4 Å². The van der Waals surface area contributed by atoms with Crippen molar-refractivity contribution in [3.8, 4) is 0 Å². The Morgan fingerprint density at radius 3 is 2.11 bits per heavy atom. The highest BCUT2D eigenvalue weighted by atomic mass is 79.9. The highest BCUT2D eigenvalue weighted by Crippen LogP contribution is 2.43. The van der Waals surface area contributed by atoms with Gasteiger partial charge in [-0.3, -0.25) is 0 Å². The number of nitrogens with zero attached hydrogens (tertiary/aromatic N) is 5. The van der Waals surface area contributed by atoms with Crippen LogP contribution in [0.25, 0.3) is 5.65 Å². The monoisotopic (exact) mass is 625 g/mol. The lowest BCUT2D eigenvalue weighted by Crippen LogP contribution is -2.45. The van der Waals surface area contributed by atoms with Crippen LogP contribution < -0.4 is 4.90 Å². The van der Waals surface area contributed by atoms with Gasteiger partial charge in [-0.15, -0.1) is 0 Å². The lowest BCUT2D eigenvalue weighted by Gasteiger charge is -2.37. The average Bonchev–Trinajstić information content (AvgIpc) is 3.32. The summed E-state index contributed by atoms with van der Waals surface area (Å²) in [5.41, 5.74) is 1.75. The molecule has 2 saturated heterocycles. The molecule has 2 bridgehead atoms. The van der Waals surface area contributed by atoms with E-state index in [2.05, 4.69) is 71.3 Å². The van der Waals surface area contributed by atoms with Crippen molar-refractivity contribution in [2.24, 2.45) is 0 Å². The molecule has 2 aliphatic rings. The third-order valence-electron chi connectivity index (χ3n) is 7.61. The summed E-state index contributed by atoms with van der Waals surface area (Å²) in [7, 11) is -2.41. The lowest BCUT2D eigenvalue weighted by molar-refractivity contribution is 0.0934. The van der Waals surface area contributed by atoms with Gasteiger partial charge < -0.3 is 24.4 Å². The maximum absolute atomic E-state index is 11.8. The number of amides is 1. The predicted molar refractivity (Wildman–Crippen MR) is 160 cm³/mol. The number of piperidine rings is 1. The van der Waals surface area contributed by atoms with Crippen molar-refractivity contribution in [2.45, 2.75) is 95.1 Å². The van der Waals surface area contributed by atoms with Gasteiger partial charge in [0.25, 0.3) is 0 Å². The quantitative estimate of drug-likeness (QED) is 0.168. The first-order chi connectivity index (χ1) is 17.8. The van der Waals surface area contributed by atoms with Gasteiger partial charge in [0.05, 0.1) is 10.7 Å². The summed E-state index contributed by atoms with van der Waals surface area (Å²) in [6.07, 6.45) is 4.45. The molecule has 0 radical (unpaired) electrons. The van der Waals surface area contributed by atoms with Crippen LogP contribution in [0.15, 0.2) is 16.7 Å². The average molecular weight is 627 g/mol. The summed E-state index contributed by atoms with van der Waals surface area (Å²) in [6, 6.07) is 4.46. The van der Waals surface area contributed by atoms with E-state index in [1.165, 1.54) is 0 Å². The molecular formula is C26H44BrN5O4Si2. The van der Waals surface area contributed by atoms with Gasteiger partial charge in [0, 0.05) is 59.1 Å². The summed E-state index contributed by atoms with van der Waals surface area (Å²) < 4.78 is 15.1. The summed E-state index contributed by atoms with van der Waals surface area (Å²) in [5.74, 6) is 1.10. The van der Waals surface area contributed by atoms with Crippen molar-refractivity contribution in [3.63, 3.8) is 0 Å². The molecule has 212 valence electrons. The highest BCUT2D eigenvalue weighted by molar-refractivity contribution is 9.10. The van der Waals surface area contributed by atoms with E-state index in [0.29, 0.717) is 13.5 Å². The molecule has 12 heteroatoms. The molecule has 4 rings (SSSR count). The Labute approximate surface area is 237 Å². The maximum atomic E-state index is 11.8. The minimum absolute atomic E-state index is 0.0666. The first kappa shape index (κ1) is 29.5. The van der Waals surface area contributed by atoms with E-state index in [1.54, 1.807) is 11.1 Å². The number of aromatic nitrogens is 3. The summed E-state index contributed by atoms with van der Waals surface area (Å²) >= 11 is 3.64. The Hall–Kier alpha value is -1.48. The molecule has 1 N–H and O–H groups in total. The number of halogens is 1. The zero-order valence-electron chi connectivity index (χ0n) is 23.7. The first-order valence-electron chi connectivity index (χ1n) is 13.8. The van der Waals surface area contributed by atoms with E-state index in [9.17, 15) is 9.90 Å². The van der Waals surface area contributed by atoms with Crippen LogP contribution in [0.4, 0.5) is 10.6 Å². The zero-order chi connectivity index (χ0) is 27.7. The van der Waals surface area contributed by atoms with E-state index < -0.39 is 22.2 Å². The van der Waals surface area contributed by atoms with Crippen molar-refractivity contribution in [3.05, 3.63) is 22.4 Å². The Bertz CT molecular complexity index is 1080. The topological polar surface area (TPSA) is 92.4 Å². The summed E-state index contributed by atoms with van der Waals surface area (Å²) in [5, 5.41) is 14.3. The second-order valence-electron chi connectivity index (χ2n) is 13.2. The first-order valence-corrected chi connectivity index (χ1v) is 22.0. The van der Waals surface area contributed by atoms with Crippen LogP contribution in [-0.2, 0) is 9.47 Å². The van der Waals surface area contributed by atoms with Gasteiger partial charge in [-0.2, -0.15) is 9.61 Å². The molecular weight excluding hydrogens is 582 g/mol. The molecule has 3 atom stereocenters. The predicted octanol–water partition coefficient (Wildman–Crippen LogP) is 6.31. The molecule has 1 amide bonds. The Balaban J connectivity index is 1.59. The lowest BCUT2D eigenvalue weighted by atomic mass is 9.88. The van der Waals surface area contributed by atoms with Crippen molar-refractivity contribution in [1.29, 1.82) is 0 Å². The van der Waals surface area contributed by atoms with E-state index in [4.69, 9.17) is 14.5 Å². The maximum Gasteiger partial charge on any atom is 0.407 e. The standard InChI is InChI=1S/C26H44BrN5O4Si2/c1-37(2,3)11-9-35-17-30(18-36-10-12-38(4,5)6)24-15-23(29-25-22(27)16-28-32(24)25)19-13-20-7-8-21(14-19)31(20)26(33)34/h15-16,19-21H,7-14,17-18H2,1-6H3,(H,33,34)/t19-,20-,21+. The molecule has 4 heterocycles. The minimum Gasteiger partial charge on any atom is -0.465 e. The van der Waals surface area contributed by atoms with E-state index >= 15 is 0 Å². The molecule has 2 aliphatic heterocycles. The van der Waals surface area contributed by atoms with Gasteiger partial charge in [-0.1, -0.05) is 39.3 Å². The zero-order valence-corrected chi connectivity index (χ0v) is 27.3. The fourth-order valence-electron chi connectivity index (χ4n) is 5.38. The number of ether oxygens (including phenoxy) is 2. The minimum atomic E-state index is -1.20. The molecule has 2 aromatic rings. The third-order valence-corrected chi connectivity index (χ3v) is 11.6. The molecule has 0 aliphatic carbocycles. The van der Waals surface area contributed by atoms with Gasteiger partial charge in [-0.05, 0) is 53.7 Å². The third kappa shape index (κ3) is 7.38. The number of carbonyl (C=O) groups is 1. The molecule has 38 heavy (non-hydrogen) atoms. The second-order valence-corrected chi connectivity index (χ2v) is 25.3. The van der Waals surface area contributed by atoms with E-state index in [-0.39, 0.29) is 18.0 Å². The molecule has 2 aromatic heterocycles. The largest absolute Gasteiger partial charge is 0.465 e. The van der Waals surface area contributed by atoms with Gasteiger partial charge in [0.1, 0.15) is 19.3 Å². The number of anilines is 1. The van der Waals surface area contributed by atoms with Crippen LogP contribution in [0.2, 0.25) is 51.4 Å². The fourth-order valence-corrected chi connectivity index (χ4v) is 7.24. The van der Waals surface area contributed by atoms with Crippen LogP contribution in [0.5, 0.6) is 0 Å².